The van der Waals surface area contributed by atoms with Crippen molar-refractivity contribution < 1.29 is 5.11 Å². The van der Waals surface area contributed by atoms with Crippen molar-refractivity contribution in [1.29, 1.82) is 0 Å². The van der Waals surface area contributed by atoms with Gasteiger partial charge >= 0.3 is 0 Å². The Balaban J connectivity index is 2.17. The maximum absolute atomic E-state index is 11.9. The van der Waals surface area contributed by atoms with Gasteiger partial charge in [0.15, 0.2) is 0 Å². The molecule has 0 aliphatic heterocycles. The quantitative estimate of drug-likeness (QED) is 0.304. The topological polar surface area (TPSA) is 20.2 Å². The minimum absolute atomic E-state index is 0.0594. The number of aryl methyl sites for hydroxylation is 1. The molecule has 0 saturated heterocycles. The first-order chi connectivity index (χ1) is 12.3. The summed E-state index contributed by atoms with van der Waals surface area (Å²) in [6.45, 7) is 2.00. The number of halogens is 5. The van der Waals surface area contributed by atoms with Crippen LogP contribution >= 0.6 is 58.0 Å². The van der Waals surface area contributed by atoms with Crippen LogP contribution in [0.3, 0.4) is 0 Å². The van der Waals surface area contributed by atoms with E-state index >= 15 is 0 Å². The van der Waals surface area contributed by atoms with E-state index in [1.165, 1.54) is 0 Å². The van der Waals surface area contributed by atoms with E-state index in [9.17, 15) is 5.11 Å². The van der Waals surface area contributed by atoms with Gasteiger partial charge in [0.25, 0.3) is 0 Å². The summed E-state index contributed by atoms with van der Waals surface area (Å²) in [6.07, 6.45) is 0. The lowest BCUT2D eigenvalue weighted by Gasteiger charge is -2.29. The van der Waals surface area contributed by atoms with Gasteiger partial charge in [-0.1, -0.05) is 106 Å². The third-order valence-corrected chi connectivity index (χ3v) is 7.02. The Morgan fingerprint density at radius 2 is 1.23 bits per heavy atom. The summed E-state index contributed by atoms with van der Waals surface area (Å²) in [7, 11) is 0. The molecule has 1 N–H and O–H groups in total. The zero-order valence-corrected chi connectivity index (χ0v) is 17.2. The zero-order chi connectivity index (χ0) is 18.8. The zero-order valence-electron chi connectivity index (χ0n) is 13.4. The monoisotopic (exact) mass is 442 g/mol. The Kier molecular flexibility index (Phi) is 4.47. The number of fused-ring (bicyclic) bond motifs is 3. The summed E-state index contributed by atoms with van der Waals surface area (Å²) >= 11 is 31.6. The average Bonchev–Trinajstić information content (AvgIpc) is 2.88. The number of benzene rings is 3. The third kappa shape index (κ3) is 2.36. The first-order valence-electron chi connectivity index (χ1n) is 7.73. The smallest absolute Gasteiger partial charge is 0.144 e. The van der Waals surface area contributed by atoms with E-state index in [1.807, 2.05) is 49.4 Å². The van der Waals surface area contributed by atoms with E-state index in [0.717, 1.165) is 16.7 Å². The van der Waals surface area contributed by atoms with Crippen LogP contribution in [0.25, 0.3) is 11.1 Å². The minimum atomic E-state index is -1.59. The van der Waals surface area contributed by atoms with Gasteiger partial charge in [-0.2, -0.15) is 0 Å². The molecule has 0 aromatic heterocycles. The van der Waals surface area contributed by atoms with Crippen LogP contribution in [0.2, 0.25) is 25.1 Å². The molecule has 3 aromatic rings. The number of hydrogen-bond donors (Lipinski definition) is 1. The van der Waals surface area contributed by atoms with Crippen LogP contribution in [-0.4, -0.2) is 5.11 Å². The summed E-state index contributed by atoms with van der Waals surface area (Å²) in [6, 6.07) is 13.4. The van der Waals surface area contributed by atoms with E-state index in [4.69, 9.17) is 58.0 Å². The molecule has 0 spiro atoms. The fourth-order valence-corrected chi connectivity index (χ4v) is 4.98. The molecule has 1 nitrogen and oxygen atoms in total. The van der Waals surface area contributed by atoms with Crippen molar-refractivity contribution in [2.24, 2.45) is 0 Å². The standard InChI is InChI=1S/C20H11Cl5O/c1-9-6-7-13-11(8-9)10-4-2-3-5-12(10)20(13,26)14-15(21)17(23)19(25)18(24)16(14)22/h2-8,26H,1H3. The molecule has 0 radical (unpaired) electrons. The highest BCUT2D eigenvalue weighted by atomic mass is 35.5. The van der Waals surface area contributed by atoms with Gasteiger partial charge < -0.3 is 5.11 Å². The van der Waals surface area contributed by atoms with Crippen molar-refractivity contribution in [1.82, 2.24) is 0 Å². The Bertz CT molecular complexity index is 1050. The predicted octanol–water partition coefficient (Wildman–Crippen LogP) is 7.53. The molecule has 132 valence electrons. The molecular formula is C20H11Cl5O. The molecule has 0 saturated carbocycles. The molecule has 4 rings (SSSR count). The highest BCUT2D eigenvalue weighted by Gasteiger charge is 2.46. The van der Waals surface area contributed by atoms with Crippen LogP contribution in [0.1, 0.15) is 22.3 Å². The van der Waals surface area contributed by atoms with Gasteiger partial charge in [-0.05, 0) is 18.1 Å². The predicted molar refractivity (Wildman–Crippen MR) is 110 cm³/mol. The SMILES string of the molecule is Cc1ccc2c(c1)-c1ccccc1C2(O)c1c(Cl)c(Cl)c(Cl)c(Cl)c1Cl. The van der Waals surface area contributed by atoms with Crippen molar-refractivity contribution in [3.63, 3.8) is 0 Å². The molecule has 0 heterocycles. The molecular weight excluding hydrogens is 433 g/mol. The Labute approximate surface area is 176 Å². The first kappa shape index (κ1) is 18.4. The molecule has 0 amide bonds. The number of hydrogen-bond acceptors (Lipinski definition) is 1. The van der Waals surface area contributed by atoms with Crippen LogP contribution in [0.5, 0.6) is 0 Å². The lowest BCUT2D eigenvalue weighted by atomic mass is 9.84. The van der Waals surface area contributed by atoms with Crippen molar-refractivity contribution in [2.45, 2.75) is 12.5 Å². The van der Waals surface area contributed by atoms with Gasteiger partial charge in [-0.15, -0.1) is 0 Å². The molecule has 6 heteroatoms. The van der Waals surface area contributed by atoms with E-state index in [1.54, 1.807) is 0 Å². The highest BCUT2D eigenvalue weighted by Crippen LogP contribution is 2.57. The third-order valence-electron chi connectivity index (χ3n) is 4.74. The lowest BCUT2D eigenvalue weighted by Crippen LogP contribution is -2.27. The van der Waals surface area contributed by atoms with Gasteiger partial charge in [0, 0.05) is 16.7 Å². The van der Waals surface area contributed by atoms with Crippen LogP contribution < -0.4 is 0 Å². The Morgan fingerprint density at radius 3 is 1.88 bits per heavy atom. The van der Waals surface area contributed by atoms with E-state index in [-0.39, 0.29) is 30.7 Å². The van der Waals surface area contributed by atoms with Gasteiger partial charge in [0.2, 0.25) is 0 Å². The normalized spacial score (nSPS) is 18.0. The van der Waals surface area contributed by atoms with E-state index < -0.39 is 5.60 Å². The van der Waals surface area contributed by atoms with E-state index in [0.29, 0.717) is 11.1 Å². The van der Waals surface area contributed by atoms with Crippen LogP contribution in [0.4, 0.5) is 0 Å². The van der Waals surface area contributed by atoms with Crippen molar-refractivity contribution in [3.05, 3.63) is 89.8 Å². The van der Waals surface area contributed by atoms with Gasteiger partial charge in [0.05, 0.1) is 25.1 Å². The van der Waals surface area contributed by atoms with Crippen molar-refractivity contribution in [3.8, 4) is 11.1 Å². The molecule has 1 aliphatic carbocycles. The lowest BCUT2D eigenvalue weighted by molar-refractivity contribution is 0.131. The van der Waals surface area contributed by atoms with Crippen molar-refractivity contribution >= 4 is 58.0 Å². The fourth-order valence-electron chi connectivity index (χ4n) is 3.57. The second-order valence-electron chi connectivity index (χ2n) is 6.25. The summed E-state index contributed by atoms with van der Waals surface area (Å²) in [5.74, 6) is 0. The second kappa shape index (κ2) is 6.31. The Morgan fingerprint density at radius 1 is 0.692 bits per heavy atom. The van der Waals surface area contributed by atoms with Crippen LogP contribution in [0.15, 0.2) is 42.5 Å². The van der Waals surface area contributed by atoms with Crippen LogP contribution in [0, 0.1) is 6.92 Å². The molecule has 1 aliphatic rings. The highest BCUT2D eigenvalue weighted by molar-refractivity contribution is 6.55. The Hall–Kier alpha value is -0.930. The first-order valence-corrected chi connectivity index (χ1v) is 9.62. The molecule has 0 fully saturated rings. The largest absolute Gasteiger partial charge is 0.376 e. The number of aliphatic hydroxyl groups is 1. The minimum Gasteiger partial charge on any atom is -0.376 e. The van der Waals surface area contributed by atoms with Crippen molar-refractivity contribution in [2.75, 3.05) is 0 Å². The van der Waals surface area contributed by atoms with Crippen LogP contribution in [-0.2, 0) is 5.60 Å². The van der Waals surface area contributed by atoms with Gasteiger partial charge in [0.1, 0.15) is 5.60 Å². The van der Waals surface area contributed by atoms with Gasteiger partial charge in [-0.3, -0.25) is 0 Å². The summed E-state index contributed by atoms with van der Waals surface area (Å²) in [5, 5.41) is 12.3. The van der Waals surface area contributed by atoms with Gasteiger partial charge in [-0.25, -0.2) is 0 Å². The molecule has 3 aromatic carbocycles. The maximum atomic E-state index is 11.9. The molecule has 1 unspecified atom stereocenters. The molecule has 1 atom stereocenters. The fraction of sp³-hybridized carbons (Fsp3) is 0.100. The maximum Gasteiger partial charge on any atom is 0.144 e. The average molecular weight is 445 g/mol. The second-order valence-corrected chi connectivity index (χ2v) is 8.14. The summed E-state index contributed by atoms with van der Waals surface area (Å²) < 4.78 is 0. The number of rotatable bonds is 1. The summed E-state index contributed by atoms with van der Waals surface area (Å²) in [5.41, 5.74) is 2.87. The van der Waals surface area contributed by atoms with E-state index in [2.05, 4.69) is 0 Å². The molecule has 26 heavy (non-hydrogen) atoms. The summed E-state index contributed by atoms with van der Waals surface area (Å²) in [4.78, 5) is 0. The molecule has 0 bridgehead atoms.